The first-order chi connectivity index (χ1) is 22.5. The Morgan fingerprint density at radius 3 is 1.98 bits per heavy atom. The first-order valence-electron chi connectivity index (χ1n) is 15.0. The number of hydrogen-bond donors (Lipinski definition) is 0. The van der Waals surface area contributed by atoms with Crippen molar-refractivity contribution in [2.75, 3.05) is 41.5 Å². The second-order valence-corrected chi connectivity index (χ2v) is 12.3. The molecule has 1 aromatic heterocycles. The van der Waals surface area contributed by atoms with E-state index in [1.165, 1.54) is 17.8 Å². The average molecular weight is 709 g/mol. The van der Waals surface area contributed by atoms with Crippen molar-refractivity contribution in [2.45, 2.75) is 57.7 Å². The molecule has 1 aliphatic carbocycles. The summed E-state index contributed by atoms with van der Waals surface area (Å²) in [5.41, 5.74) is -5.24. The molecule has 1 heterocycles. The molecule has 2 aromatic carbocycles. The van der Waals surface area contributed by atoms with Crippen LogP contribution in [0.2, 0.25) is 0 Å². The van der Waals surface area contributed by atoms with E-state index in [0.29, 0.717) is 29.4 Å². The van der Waals surface area contributed by atoms with E-state index in [4.69, 9.17) is 4.74 Å². The van der Waals surface area contributed by atoms with Crippen molar-refractivity contribution in [3.63, 3.8) is 0 Å². The quantitative estimate of drug-likeness (QED) is 0.138. The predicted octanol–water partition coefficient (Wildman–Crippen LogP) is 9.14. The molecule has 48 heavy (non-hydrogen) atoms. The predicted molar refractivity (Wildman–Crippen MR) is 164 cm³/mol. The van der Waals surface area contributed by atoms with Crippen LogP contribution < -0.4 is 14.5 Å². The Labute approximate surface area is 275 Å². The van der Waals surface area contributed by atoms with Crippen LogP contribution in [0.25, 0.3) is 0 Å². The lowest BCUT2D eigenvalue weighted by Crippen LogP contribution is -2.35. The molecule has 262 valence electrons. The Morgan fingerprint density at radius 2 is 1.46 bits per heavy atom. The molecule has 0 unspecified atom stereocenters. The van der Waals surface area contributed by atoms with Crippen LogP contribution >= 0.6 is 11.8 Å². The molecule has 0 spiro atoms. The summed E-state index contributed by atoms with van der Waals surface area (Å²) in [7, 11) is 0. The first-order valence-corrected chi connectivity index (χ1v) is 16.4. The first kappa shape index (κ1) is 37.1. The number of amides is 1. The van der Waals surface area contributed by atoms with Crippen LogP contribution in [-0.2, 0) is 25.1 Å². The van der Waals surface area contributed by atoms with Gasteiger partial charge in [-0.15, -0.1) is 0 Å². The lowest BCUT2D eigenvalue weighted by Gasteiger charge is -2.31. The van der Waals surface area contributed by atoms with Crippen LogP contribution in [0.1, 0.15) is 65.2 Å². The fraction of sp³-hybridized carbons (Fsp3) is 0.469. The Kier molecular flexibility index (Phi) is 11.8. The Morgan fingerprint density at radius 1 is 0.875 bits per heavy atom. The lowest BCUT2D eigenvalue weighted by atomic mass is 10.0. The second-order valence-electron chi connectivity index (χ2n) is 11.3. The van der Waals surface area contributed by atoms with Crippen LogP contribution in [0.3, 0.4) is 0 Å². The van der Waals surface area contributed by atoms with E-state index in [1.807, 2.05) is 11.2 Å². The smallest absolute Gasteiger partial charge is 0.416 e. The molecule has 0 aliphatic heterocycles. The minimum Gasteiger partial charge on any atom is -0.489 e. The highest BCUT2D eigenvalue weighted by Crippen LogP contribution is 2.38. The van der Waals surface area contributed by atoms with Crippen LogP contribution in [0.15, 0.2) is 48.8 Å². The van der Waals surface area contributed by atoms with Gasteiger partial charge >= 0.3 is 18.5 Å². The van der Waals surface area contributed by atoms with E-state index < -0.39 is 59.2 Å². The number of thioether (sulfide) groups is 1. The maximum Gasteiger partial charge on any atom is 0.416 e. The molecule has 1 saturated carbocycles. The van der Waals surface area contributed by atoms with Gasteiger partial charge in [-0.05, 0) is 73.9 Å². The van der Waals surface area contributed by atoms with Gasteiger partial charge in [-0.25, -0.2) is 9.97 Å². The number of carbonyl (C=O) groups is 1. The Hall–Kier alpha value is -3.69. The summed E-state index contributed by atoms with van der Waals surface area (Å²) in [6, 6.07) is 3.37. The molecule has 1 aliphatic rings. The molecule has 6 nitrogen and oxygen atoms in total. The van der Waals surface area contributed by atoms with Gasteiger partial charge in [-0.2, -0.15) is 51.3 Å². The molecule has 0 saturated heterocycles. The molecule has 1 amide bonds. The minimum atomic E-state index is -5.25. The fourth-order valence-electron chi connectivity index (χ4n) is 5.50. The largest absolute Gasteiger partial charge is 0.489 e. The fourth-order valence-corrected chi connectivity index (χ4v) is 5.75. The van der Waals surface area contributed by atoms with Gasteiger partial charge in [0.1, 0.15) is 0 Å². The van der Waals surface area contributed by atoms with Crippen molar-refractivity contribution < 1.29 is 49.0 Å². The van der Waals surface area contributed by atoms with Gasteiger partial charge in [-0.1, -0.05) is 12.8 Å². The van der Waals surface area contributed by atoms with Gasteiger partial charge in [0.25, 0.3) is 5.91 Å². The molecule has 1 fully saturated rings. The zero-order valence-electron chi connectivity index (χ0n) is 26.0. The zero-order chi connectivity index (χ0) is 35.3. The summed E-state index contributed by atoms with van der Waals surface area (Å²) in [6.07, 6.45) is -7.26. The van der Waals surface area contributed by atoms with Crippen LogP contribution in [0, 0.1) is 5.92 Å². The van der Waals surface area contributed by atoms with Gasteiger partial charge in [0.05, 0.1) is 42.2 Å². The number of aromatic nitrogens is 2. The average Bonchev–Trinajstić information content (AvgIpc) is 3.54. The number of nitrogens with zero attached hydrogens (tertiary/aromatic N) is 4. The second kappa shape index (κ2) is 15.2. The summed E-state index contributed by atoms with van der Waals surface area (Å²) in [5.74, 6) is -0.815. The normalized spacial score (nSPS) is 14.3. The highest BCUT2D eigenvalue weighted by molar-refractivity contribution is 7.98. The van der Waals surface area contributed by atoms with Crippen LogP contribution in [0.5, 0.6) is 5.75 Å². The maximum absolute atomic E-state index is 14.0. The van der Waals surface area contributed by atoms with E-state index in [0.717, 1.165) is 50.2 Å². The number of alkyl halides is 9. The number of halogens is 9. The van der Waals surface area contributed by atoms with E-state index in [1.54, 1.807) is 6.92 Å². The topological polar surface area (TPSA) is 58.6 Å². The van der Waals surface area contributed by atoms with Gasteiger partial charge in [0.2, 0.25) is 5.95 Å². The molecule has 0 N–H and O–H groups in total. The monoisotopic (exact) mass is 708 g/mol. The van der Waals surface area contributed by atoms with Crippen molar-refractivity contribution >= 4 is 29.3 Å². The van der Waals surface area contributed by atoms with Crippen molar-refractivity contribution in [3.8, 4) is 5.75 Å². The van der Waals surface area contributed by atoms with Gasteiger partial charge < -0.3 is 9.64 Å². The van der Waals surface area contributed by atoms with Gasteiger partial charge in [-0.3, -0.25) is 9.69 Å². The molecular formula is C32H33F9N4O2S. The van der Waals surface area contributed by atoms with E-state index >= 15 is 0 Å². The van der Waals surface area contributed by atoms with E-state index in [2.05, 4.69) is 9.97 Å². The lowest BCUT2D eigenvalue weighted by molar-refractivity contribution is -0.143. The van der Waals surface area contributed by atoms with Gasteiger partial charge in [0, 0.05) is 30.1 Å². The van der Waals surface area contributed by atoms with Gasteiger partial charge in [0.15, 0.2) is 5.75 Å². The highest BCUT2D eigenvalue weighted by Gasteiger charge is 2.39. The molecule has 0 atom stereocenters. The van der Waals surface area contributed by atoms with E-state index in [-0.39, 0.29) is 42.0 Å². The molecular weight excluding hydrogens is 675 g/mol. The SMILES string of the molecule is CCN(CC1CCCC1)c1ccc(C(F)(F)F)cc1CN(C(=O)c1cc(C(F)(F)F)cc(C(F)(F)F)c1)c1ncc(OCCSC)cn1. The molecule has 0 bridgehead atoms. The molecule has 4 rings (SSSR count). The van der Waals surface area contributed by atoms with Crippen molar-refractivity contribution in [1.29, 1.82) is 0 Å². The third kappa shape index (κ3) is 9.47. The molecule has 16 heteroatoms. The number of rotatable bonds is 12. The standard InChI is InChI=1S/C32H33F9N4O2S/c1-3-44(18-20-6-4-5-7-20)27-9-8-23(30(33,34)35)14-22(27)19-45(29-42-16-26(17-43-29)47-10-11-48-2)28(46)21-12-24(31(36,37)38)15-25(13-21)32(39,40)41/h8-9,12-17,20H,3-7,10-11,18-19H2,1-2H3. The Bertz CT molecular complexity index is 1510. The van der Waals surface area contributed by atoms with Crippen molar-refractivity contribution in [1.82, 2.24) is 9.97 Å². The number of anilines is 2. The zero-order valence-corrected chi connectivity index (χ0v) is 26.8. The van der Waals surface area contributed by atoms with Crippen LogP contribution in [-0.4, -0.2) is 47.6 Å². The number of ether oxygens (including phenoxy) is 1. The molecule has 3 aromatic rings. The summed E-state index contributed by atoms with van der Waals surface area (Å²) >= 11 is 1.49. The Balaban J connectivity index is 1.85. The summed E-state index contributed by atoms with van der Waals surface area (Å²) in [4.78, 5) is 24.6. The van der Waals surface area contributed by atoms with Crippen molar-refractivity contribution in [2.24, 2.45) is 5.92 Å². The number of hydrogen-bond acceptors (Lipinski definition) is 6. The number of benzene rings is 2. The summed E-state index contributed by atoms with van der Waals surface area (Å²) in [5, 5.41) is 0. The maximum atomic E-state index is 14.0. The van der Waals surface area contributed by atoms with E-state index in [9.17, 15) is 44.3 Å². The highest BCUT2D eigenvalue weighted by atomic mass is 32.2. The third-order valence-corrected chi connectivity index (χ3v) is 8.48. The summed E-state index contributed by atoms with van der Waals surface area (Å²) < 4.78 is 130. The van der Waals surface area contributed by atoms with Crippen molar-refractivity contribution in [3.05, 3.63) is 76.6 Å². The summed E-state index contributed by atoms with van der Waals surface area (Å²) in [6.45, 7) is 2.25. The minimum absolute atomic E-state index is 0.0510. The van der Waals surface area contributed by atoms with Crippen LogP contribution in [0.4, 0.5) is 51.1 Å². The number of carbonyl (C=O) groups excluding carboxylic acids is 1. The molecule has 0 radical (unpaired) electrons. The third-order valence-electron chi connectivity index (χ3n) is 7.90.